The minimum absolute atomic E-state index is 0.118. The first-order valence-corrected chi connectivity index (χ1v) is 14.4. The number of carbonyl (C=O) groups excluding carboxylic acids is 6. The maximum absolute atomic E-state index is 13.1. The van der Waals surface area contributed by atoms with E-state index < -0.39 is 107 Å². The number of esters is 6. The Kier molecular flexibility index (Phi) is 9.21. The molecule has 248 valence electrons. The Morgan fingerprint density at radius 1 is 0.867 bits per heavy atom. The Morgan fingerprint density at radius 2 is 1.38 bits per heavy atom. The summed E-state index contributed by atoms with van der Waals surface area (Å²) in [5, 5.41) is 22.8. The predicted octanol–water partition coefficient (Wildman–Crippen LogP) is -0.169. The molecule has 1 saturated carbocycles. The molecule has 0 bridgehead atoms. The van der Waals surface area contributed by atoms with Crippen LogP contribution in [0.2, 0.25) is 0 Å². The number of epoxide rings is 1. The minimum Gasteiger partial charge on any atom is -0.459 e. The summed E-state index contributed by atoms with van der Waals surface area (Å²) in [6.45, 7) is 7.42. The summed E-state index contributed by atoms with van der Waals surface area (Å²) >= 11 is 0. The molecule has 2 heterocycles. The monoisotopic (exact) mass is 638 g/mol. The molecule has 0 aromatic carbocycles. The first-order chi connectivity index (χ1) is 20.9. The molecule has 1 spiro atoms. The first kappa shape index (κ1) is 34.1. The lowest BCUT2D eigenvalue weighted by atomic mass is 9.51. The average molecular weight is 639 g/mol. The molecule has 15 heteroatoms. The molecule has 0 unspecified atom stereocenters. The van der Waals surface area contributed by atoms with Crippen molar-refractivity contribution in [3.63, 3.8) is 0 Å². The summed E-state index contributed by atoms with van der Waals surface area (Å²) in [4.78, 5) is 76.1. The zero-order valence-corrected chi connectivity index (χ0v) is 26.0. The maximum atomic E-state index is 13.1. The van der Waals surface area contributed by atoms with Gasteiger partial charge in [-0.1, -0.05) is 13.0 Å². The van der Waals surface area contributed by atoms with Crippen LogP contribution in [0, 0.1) is 17.3 Å². The van der Waals surface area contributed by atoms with Gasteiger partial charge in [-0.2, -0.15) is 0 Å². The van der Waals surface area contributed by atoms with Gasteiger partial charge in [0, 0.05) is 40.5 Å². The highest BCUT2D eigenvalue weighted by atomic mass is 16.7. The Hall–Kier alpha value is -3.82. The number of hydrogen-bond donors (Lipinski definition) is 2. The highest BCUT2D eigenvalue weighted by Crippen LogP contribution is 2.63. The van der Waals surface area contributed by atoms with E-state index in [2.05, 4.69) is 0 Å². The van der Waals surface area contributed by atoms with Crippen LogP contribution in [0.3, 0.4) is 0 Å². The van der Waals surface area contributed by atoms with Crippen molar-refractivity contribution in [2.75, 3.05) is 13.2 Å². The molecular weight excluding hydrogens is 600 g/mol. The quantitative estimate of drug-likeness (QED) is 0.220. The Balaban J connectivity index is 2.17. The van der Waals surface area contributed by atoms with Gasteiger partial charge in [0.1, 0.15) is 17.8 Å². The second-order valence-corrected chi connectivity index (χ2v) is 12.0. The lowest BCUT2D eigenvalue weighted by Crippen LogP contribution is -2.76. The molecule has 2 aliphatic carbocycles. The van der Waals surface area contributed by atoms with Crippen LogP contribution in [0.1, 0.15) is 48.5 Å². The van der Waals surface area contributed by atoms with Gasteiger partial charge in [-0.15, -0.1) is 0 Å². The van der Waals surface area contributed by atoms with Crippen LogP contribution in [0.5, 0.6) is 0 Å². The van der Waals surface area contributed by atoms with E-state index >= 15 is 0 Å². The Bertz CT molecular complexity index is 1330. The van der Waals surface area contributed by atoms with Crippen molar-refractivity contribution in [3.05, 3.63) is 23.8 Å². The third-order valence-electron chi connectivity index (χ3n) is 8.99. The molecule has 3 fully saturated rings. The van der Waals surface area contributed by atoms with Gasteiger partial charge in [-0.05, 0) is 24.6 Å². The molecule has 0 aromatic heterocycles. The number of aliphatic hydroxyl groups excluding tert-OH is 1. The summed E-state index contributed by atoms with van der Waals surface area (Å²) in [5.41, 5.74) is -5.83. The van der Waals surface area contributed by atoms with Gasteiger partial charge in [-0.25, -0.2) is 0 Å². The fraction of sp³-hybridized carbons (Fsp3) is 0.667. The smallest absolute Gasteiger partial charge is 0.312 e. The summed E-state index contributed by atoms with van der Waals surface area (Å²) in [6, 6.07) is 0. The van der Waals surface area contributed by atoms with E-state index in [9.17, 15) is 39.0 Å². The number of ether oxygens (including phenoxy) is 7. The second-order valence-electron chi connectivity index (χ2n) is 12.0. The fourth-order valence-electron chi connectivity index (χ4n) is 7.11. The van der Waals surface area contributed by atoms with Gasteiger partial charge in [0.25, 0.3) is 0 Å². The van der Waals surface area contributed by atoms with E-state index in [1.165, 1.54) is 32.1 Å². The van der Waals surface area contributed by atoms with Crippen molar-refractivity contribution < 1.29 is 72.1 Å². The van der Waals surface area contributed by atoms with E-state index in [4.69, 9.17) is 33.2 Å². The maximum Gasteiger partial charge on any atom is 0.312 e. The van der Waals surface area contributed by atoms with E-state index in [1.54, 1.807) is 0 Å². The third-order valence-corrected chi connectivity index (χ3v) is 8.99. The number of rotatable bonds is 6. The molecule has 4 rings (SSSR count). The van der Waals surface area contributed by atoms with E-state index in [0.717, 1.165) is 34.6 Å². The summed E-state index contributed by atoms with van der Waals surface area (Å²) < 4.78 is 40.4. The number of fused-ring (bicyclic) bond motifs is 3. The number of hydrogen-bond acceptors (Lipinski definition) is 15. The number of aliphatic hydroxyl groups is 2. The molecule has 0 radical (unpaired) electrons. The van der Waals surface area contributed by atoms with Gasteiger partial charge in [0.2, 0.25) is 0 Å². The van der Waals surface area contributed by atoms with Crippen LogP contribution in [0.15, 0.2) is 23.8 Å². The molecule has 0 aromatic rings. The highest BCUT2D eigenvalue weighted by molar-refractivity contribution is 5.78. The molecule has 4 aliphatic rings. The van der Waals surface area contributed by atoms with Crippen molar-refractivity contribution in [1.29, 1.82) is 0 Å². The first-order valence-electron chi connectivity index (χ1n) is 14.4. The van der Waals surface area contributed by atoms with Gasteiger partial charge >= 0.3 is 35.8 Å². The van der Waals surface area contributed by atoms with Gasteiger partial charge in [0.05, 0.1) is 24.5 Å². The zero-order chi connectivity index (χ0) is 33.6. The van der Waals surface area contributed by atoms with Crippen LogP contribution >= 0.6 is 0 Å². The van der Waals surface area contributed by atoms with Crippen LogP contribution in [0.4, 0.5) is 0 Å². The molecule has 15 nitrogen and oxygen atoms in total. The SMILES string of the molecule is CC(=O)O[C@H]1[C@@H](OC(C)=O)[C@]2(CO2)[C@@H]2[C@H](OC(C)=O)[C@@]3(O)[C@H](/C=C(CO)\C=C\[C@H](OC(C)=O)[C@@]2(C)[C@H]1OC(C)=O)OC(=O)[C@@H]3C. The third kappa shape index (κ3) is 5.84. The van der Waals surface area contributed by atoms with Crippen LogP contribution in [-0.2, 0) is 61.9 Å². The summed E-state index contributed by atoms with van der Waals surface area (Å²) in [6.07, 6.45) is -5.38. The Labute approximate surface area is 258 Å². The van der Waals surface area contributed by atoms with Gasteiger partial charge in [0.15, 0.2) is 30.0 Å². The fourth-order valence-corrected chi connectivity index (χ4v) is 7.11. The number of carbonyl (C=O) groups is 6. The molecule has 2 N–H and O–H groups in total. The zero-order valence-electron chi connectivity index (χ0n) is 26.0. The van der Waals surface area contributed by atoms with Crippen LogP contribution in [0.25, 0.3) is 0 Å². The van der Waals surface area contributed by atoms with E-state index in [0.29, 0.717) is 0 Å². The average Bonchev–Trinajstić information content (AvgIpc) is 3.68. The molecule has 2 saturated heterocycles. The lowest BCUT2D eigenvalue weighted by molar-refractivity contribution is -0.279. The molecule has 45 heavy (non-hydrogen) atoms. The van der Waals surface area contributed by atoms with Crippen LogP contribution in [-0.4, -0.2) is 107 Å². The van der Waals surface area contributed by atoms with Crippen molar-refractivity contribution in [3.8, 4) is 0 Å². The minimum atomic E-state index is -2.38. The van der Waals surface area contributed by atoms with Crippen molar-refractivity contribution in [2.45, 2.75) is 96.3 Å². The summed E-state index contributed by atoms with van der Waals surface area (Å²) in [5.74, 6) is -7.91. The topological polar surface area (TPSA) is 211 Å². The Morgan fingerprint density at radius 3 is 1.87 bits per heavy atom. The van der Waals surface area contributed by atoms with Crippen molar-refractivity contribution in [2.24, 2.45) is 17.3 Å². The van der Waals surface area contributed by atoms with Crippen LogP contribution < -0.4 is 0 Å². The molecule has 2 aliphatic heterocycles. The van der Waals surface area contributed by atoms with E-state index in [-0.39, 0.29) is 12.2 Å². The molecular formula is C30H38O15. The van der Waals surface area contributed by atoms with Gasteiger partial charge < -0.3 is 43.4 Å². The van der Waals surface area contributed by atoms with Crippen molar-refractivity contribution >= 4 is 35.8 Å². The second kappa shape index (κ2) is 12.2. The molecule has 0 amide bonds. The molecule has 11 atom stereocenters. The van der Waals surface area contributed by atoms with Gasteiger partial charge in [-0.3, -0.25) is 28.8 Å². The standard InChI is InChI=1S/C30H38O15/c1-13-27(37)45-21-10-19(11-31)8-9-20(40-14(2)32)28(7)23(26(30(13,21)38)44-18(6)36)29(12-39-29)25(43-17(5)35)22(41-15(3)33)24(28)42-16(4)34/h8-10,13,20-26,31,38H,11-12H2,1-7H3/b9-8+,19-10+/t13-,20-,21-,22+,23+,24-,25+,26-,28+,29-,30-/m0/s1. The highest BCUT2D eigenvalue weighted by Gasteiger charge is 2.81. The largest absolute Gasteiger partial charge is 0.459 e. The van der Waals surface area contributed by atoms with E-state index in [1.807, 2.05) is 0 Å². The summed E-state index contributed by atoms with van der Waals surface area (Å²) in [7, 11) is 0. The lowest BCUT2D eigenvalue weighted by Gasteiger charge is -2.59. The van der Waals surface area contributed by atoms with Crippen molar-refractivity contribution in [1.82, 2.24) is 0 Å². The predicted molar refractivity (Wildman–Crippen MR) is 146 cm³/mol. The normalized spacial score (nSPS) is 42.0.